The lowest BCUT2D eigenvalue weighted by Crippen LogP contribution is -2.27. The van der Waals surface area contributed by atoms with Crippen LogP contribution in [0.25, 0.3) is 21.8 Å². The van der Waals surface area contributed by atoms with E-state index < -0.39 is 0 Å². The van der Waals surface area contributed by atoms with Crippen molar-refractivity contribution in [3.05, 3.63) is 91.0 Å². The molecule has 1 heterocycles. The molecule has 0 fully saturated rings. The molecule has 2 amide bonds. The van der Waals surface area contributed by atoms with Gasteiger partial charge in [0.05, 0.1) is 29.5 Å². The number of carbonyl (C=O) groups is 1. The first-order valence-electron chi connectivity index (χ1n) is 12.9. The van der Waals surface area contributed by atoms with Crippen molar-refractivity contribution in [2.24, 2.45) is 0 Å². The maximum atomic E-state index is 12.9. The fourth-order valence-electron chi connectivity index (χ4n) is 4.62. The summed E-state index contributed by atoms with van der Waals surface area (Å²) >= 11 is 11.8. The predicted octanol–water partition coefficient (Wildman–Crippen LogP) is 8.07. The Kier molecular flexibility index (Phi) is 8.74. The van der Waals surface area contributed by atoms with E-state index in [0.717, 1.165) is 38.9 Å². The summed E-state index contributed by atoms with van der Waals surface area (Å²) in [6.07, 6.45) is 0. The van der Waals surface area contributed by atoms with Crippen LogP contribution >= 0.6 is 23.2 Å². The number of alkyl halides is 2. The van der Waals surface area contributed by atoms with Crippen LogP contribution in [0.3, 0.4) is 0 Å². The number of benzene rings is 4. The second kappa shape index (κ2) is 12.8. The highest BCUT2D eigenvalue weighted by molar-refractivity contribution is 6.18. The highest BCUT2D eigenvalue weighted by Crippen LogP contribution is 2.35. The average Bonchev–Trinajstić information content (AvgIpc) is 2.97. The molecule has 0 radical (unpaired) electrons. The van der Waals surface area contributed by atoms with Gasteiger partial charge >= 0.3 is 6.03 Å². The molecule has 0 saturated carbocycles. The normalized spacial score (nSPS) is 10.9. The van der Waals surface area contributed by atoms with E-state index in [4.69, 9.17) is 32.9 Å². The van der Waals surface area contributed by atoms with E-state index in [1.807, 2.05) is 91.0 Å². The molecule has 0 spiro atoms. The third kappa shape index (κ3) is 6.17. The number of urea groups is 1. The largest absolute Gasteiger partial charge is 0.495 e. The summed E-state index contributed by atoms with van der Waals surface area (Å²) in [4.78, 5) is 19.8. The molecule has 5 rings (SSSR count). The molecule has 7 nitrogen and oxygen atoms in total. The van der Waals surface area contributed by atoms with Crippen molar-refractivity contribution < 1.29 is 9.53 Å². The number of rotatable bonds is 10. The number of fused-ring (bicyclic) bond motifs is 2. The molecule has 0 aliphatic heterocycles. The summed E-state index contributed by atoms with van der Waals surface area (Å²) in [7, 11) is 1.57. The van der Waals surface area contributed by atoms with E-state index in [9.17, 15) is 4.79 Å². The Balaban J connectivity index is 1.36. The number of hydrogen-bond acceptors (Lipinski definition) is 5. The number of nitrogens with one attached hydrogen (secondary N) is 3. The topological polar surface area (TPSA) is 78.5 Å². The SMILES string of the molecule is COc1ccc(Nc2c3ccccc3nc3ccccc23)cc1NC(=O)Nc1ccc(N(CCCl)CCCl)cc1. The maximum Gasteiger partial charge on any atom is 0.323 e. The van der Waals surface area contributed by atoms with E-state index in [2.05, 4.69) is 20.9 Å². The average molecular weight is 575 g/mol. The molecule has 0 saturated heterocycles. The Morgan fingerprint density at radius 2 is 1.40 bits per heavy atom. The predicted molar refractivity (Wildman–Crippen MR) is 168 cm³/mol. The van der Waals surface area contributed by atoms with Gasteiger partial charge in [0.15, 0.2) is 0 Å². The second-order valence-electron chi connectivity index (χ2n) is 9.05. The van der Waals surface area contributed by atoms with E-state index in [1.54, 1.807) is 7.11 Å². The zero-order valence-corrected chi connectivity index (χ0v) is 23.5. The number of methoxy groups -OCH3 is 1. The fraction of sp³-hybridized carbons (Fsp3) is 0.161. The first-order chi connectivity index (χ1) is 19.6. The zero-order chi connectivity index (χ0) is 27.9. The first kappa shape index (κ1) is 27.4. The number of aromatic nitrogens is 1. The first-order valence-corrected chi connectivity index (χ1v) is 13.9. The van der Waals surface area contributed by atoms with Gasteiger partial charge in [-0.05, 0) is 54.6 Å². The molecule has 0 atom stereocenters. The molecule has 9 heteroatoms. The number of ether oxygens (including phenoxy) is 1. The highest BCUT2D eigenvalue weighted by atomic mass is 35.5. The number of carbonyl (C=O) groups excluding carboxylic acids is 1. The van der Waals surface area contributed by atoms with Gasteiger partial charge in [0.1, 0.15) is 5.75 Å². The van der Waals surface area contributed by atoms with Gasteiger partial charge in [-0.1, -0.05) is 36.4 Å². The molecular formula is C31H29Cl2N5O2. The van der Waals surface area contributed by atoms with Crippen LogP contribution < -0.4 is 25.6 Å². The molecule has 0 bridgehead atoms. The van der Waals surface area contributed by atoms with Gasteiger partial charge in [-0.15, -0.1) is 23.2 Å². The van der Waals surface area contributed by atoms with Gasteiger partial charge in [-0.25, -0.2) is 9.78 Å². The van der Waals surface area contributed by atoms with Crippen LogP contribution in [0.4, 0.5) is 33.2 Å². The fourth-order valence-corrected chi connectivity index (χ4v) is 5.02. The molecule has 204 valence electrons. The van der Waals surface area contributed by atoms with E-state index >= 15 is 0 Å². The van der Waals surface area contributed by atoms with Crippen LogP contribution in [-0.4, -0.2) is 43.0 Å². The van der Waals surface area contributed by atoms with Crippen LogP contribution in [0, 0.1) is 0 Å². The summed E-state index contributed by atoms with van der Waals surface area (Å²) in [5.41, 5.74) is 5.70. The summed E-state index contributed by atoms with van der Waals surface area (Å²) in [6, 6.07) is 28.8. The van der Waals surface area contributed by atoms with Gasteiger partial charge in [-0.3, -0.25) is 0 Å². The minimum absolute atomic E-state index is 0.388. The molecule has 3 N–H and O–H groups in total. The summed E-state index contributed by atoms with van der Waals surface area (Å²) in [5.74, 6) is 1.55. The van der Waals surface area contributed by atoms with Crippen molar-refractivity contribution in [2.45, 2.75) is 0 Å². The van der Waals surface area contributed by atoms with Crippen LogP contribution in [0.2, 0.25) is 0 Å². The van der Waals surface area contributed by atoms with Crippen LogP contribution in [-0.2, 0) is 0 Å². The Bertz CT molecular complexity index is 1570. The monoisotopic (exact) mass is 573 g/mol. The van der Waals surface area contributed by atoms with Gasteiger partial charge in [-0.2, -0.15) is 0 Å². The molecule has 1 aromatic heterocycles. The van der Waals surface area contributed by atoms with Crippen LogP contribution in [0.1, 0.15) is 0 Å². The van der Waals surface area contributed by atoms with Gasteiger partial charge in [0.2, 0.25) is 0 Å². The van der Waals surface area contributed by atoms with E-state index in [1.165, 1.54) is 0 Å². The van der Waals surface area contributed by atoms with Gasteiger partial charge in [0.25, 0.3) is 0 Å². The third-order valence-corrected chi connectivity index (χ3v) is 6.84. The molecule has 0 aliphatic rings. The zero-order valence-electron chi connectivity index (χ0n) is 22.0. The third-order valence-electron chi connectivity index (χ3n) is 6.50. The Morgan fingerprint density at radius 1 is 0.800 bits per heavy atom. The summed E-state index contributed by atoms with van der Waals surface area (Å²) in [6.45, 7) is 1.38. The second-order valence-corrected chi connectivity index (χ2v) is 9.81. The molecule has 5 aromatic rings. The maximum absolute atomic E-state index is 12.9. The number of amides is 2. The van der Waals surface area contributed by atoms with Crippen molar-refractivity contribution >= 4 is 79.5 Å². The Labute approximate surface area is 243 Å². The van der Waals surface area contributed by atoms with Crippen molar-refractivity contribution in [2.75, 3.05) is 52.8 Å². The number of anilines is 5. The number of pyridine rings is 1. The molecule has 4 aromatic carbocycles. The summed E-state index contributed by atoms with van der Waals surface area (Å²) in [5, 5.41) is 11.4. The van der Waals surface area contributed by atoms with Gasteiger partial charge in [0, 0.05) is 52.7 Å². The molecule has 0 aliphatic carbocycles. The van der Waals surface area contributed by atoms with Crippen molar-refractivity contribution in [3.8, 4) is 5.75 Å². The number of nitrogens with zero attached hydrogens (tertiary/aromatic N) is 2. The van der Waals surface area contributed by atoms with Crippen molar-refractivity contribution in [1.29, 1.82) is 0 Å². The summed E-state index contributed by atoms with van der Waals surface area (Å²) < 4.78 is 5.52. The lowest BCUT2D eigenvalue weighted by Gasteiger charge is -2.23. The van der Waals surface area contributed by atoms with E-state index in [0.29, 0.717) is 42.0 Å². The van der Waals surface area contributed by atoms with Crippen LogP contribution in [0.5, 0.6) is 5.75 Å². The van der Waals surface area contributed by atoms with Gasteiger partial charge < -0.3 is 25.6 Å². The quantitative estimate of drug-likeness (QED) is 0.116. The van der Waals surface area contributed by atoms with Crippen LogP contribution in [0.15, 0.2) is 91.0 Å². The molecule has 0 unspecified atom stereocenters. The Morgan fingerprint density at radius 3 is 2.00 bits per heavy atom. The lowest BCUT2D eigenvalue weighted by atomic mass is 10.1. The number of halogens is 2. The van der Waals surface area contributed by atoms with E-state index in [-0.39, 0.29) is 6.03 Å². The lowest BCUT2D eigenvalue weighted by molar-refractivity contribution is 0.262. The number of hydrogen-bond donors (Lipinski definition) is 3. The smallest absolute Gasteiger partial charge is 0.323 e. The highest BCUT2D eigenvalue weighted by Gasteiger charge is 2.13. The minimum Gasteiger partial charge on any atom is -0.495 e. The van der Waals surface area contributed by atoms with Crippen molar-refractivity contribution in [3.63, 3.8) is 0 Å². The Hall–Kier alpha value is -4.20. The standard InChI is InChI=1S/C31H29Cl2N5O2/c1-40-29-15-12-22(34-30-24-6-2-4-8-26(24)36-27-9-5-3-7-25(27)30)20-28(29)37-31(39)35-21-10-13-23(14-11-21)38(18-16-32)19-17-33/h2-15,20H,16-19H2,1H3,(H,34,36)(H2,35,37,39). The molecule has 40 heavy (non-hydrogen) atoms. The minimum atomic E-state index is -0.388. The van der Waals surface area contributed by atoms with Crippen molar-refractivity contribution in [1.82, 2.24) is 4.98 Å². The molecular weight excluding hydrogens is 545 g/mol. The number of para-hydroxylation sites is 2.